The highest BCUT2D eigenvalue weighted by atomic mass is 79.9. The SMILES string of the molecule is C/C=C/C(=O)Cl.C1CCNCC1.C=CCN(CC=C)c1c(C)cc(Br)cc1Cl.Cc1cc(Br)cc(Cl)c1N.Cc1nc(Cl)cc(Cl)n1.[2H]c1cc(C)c(CC(=O)/C=C/C)c(Cl)c1.[2H]c1cc(C)c(CC(=O)c2cnc(N)s2)c(Cl)c1.[2H]c1cc(C)c(CC(=O)c2cnc(Nc3cc(Cl)nc(C)n3)s2)c(Cl)c1.[2H]c1cc(C)c(N(CC=C)CC=C)c(Cl)c1.[2H]c1cc(C)c(N)c(Cl)c1. The highest BCUT2D eigenvalue weighted by molar-refractivity contribution is 9.10. The van der Waals surface area contributed by atoms with Crippen molar-refractivity contribution < 1.29 is 26.0 Å². The Hall–Kier alpha value is -8.01. The number of hydrogen-bond acceptors (Lipinski definition) is 19. The van der Waals surface area contributed by atoms with Crippen LogP contribution >= 0.6 is 182 Å². The van der Waals surface area contributed by atoms with E-state index in [0.717, 1.165) is 94.1 Å². The third-order valence-electron chi connectivity index (χ3n) is 17.0. The molecule has 0 saturated carbocycles. The standard InChI is InChI=1S/C17H14Cl2N4OS.C13H15BrClN.C13H16ClN.C12H11ClN2OS.C12H13ClO.C7H7BrClN.C7H8ClN.C5H4Cl2N2.C5H11N.C4H5ClO/c1-9-4-3-5-12(18)11(9)6-13(24)14-8-20-17(25-14)23-16-7-15(19)21-10(2)22-16;1-4-6-16(7-5-2)13-10(3)8-11(14)9-12(13)15;1-4-9-15(10-5-2)13-11(3)7-6-8-12(13)14;1-7-3-2-4-9(13)8(7)5-10(16)11-6-15-12(14)17-11;1-3-5-10(14)8-11-9(2)6-4-7-12(11)13;1-4-2-5(8)3-6(9)7(4)10;1-5-3-2-4-6(8)7(5)9;1-3-8-4(6)2-5(7)9-3;1-2-4-6-5-3-1;1-2-3-4(5)6/h3-5,7-8H,6H2,1-2H3,(H,20,21,22,23);4-5,8-9H,1-2,6-7H2,3H3;4-8H,1-2,9-10H2,3H3;2-4,6H,5H2,1H3,(H2,14,15);3-7H,8H2,1-2H3;2-3H,10H2,1H3;2-4H,9H2,1H3;2H,1H3;6H,1-5H2;2-3H,1H3/b;;;;5-3+;;;;;3-2+/i3D;;6D;2D;4D;;2D;;;. The Labute approximate surface area is 834 Å². The number of para-hydroxylation sites is 2. The molecule has 12 rings (SSSR count). The number of nitrogens with two attached hydrogens (primary N) is 3. The lowest BCUT2D eigenvalue weighted by Gasteiger charge is -2.25. The summed E-state index contributed by atoms with van der Waals surface area (Å²) in [5.41, 5.74) is 28.7. The maximum atomic E-state index is 12.6. The van der Waals surface area contributed by atoms with E-state index in [1.807, 2.05) is 84.9 Å². The number of nitrogens with one attached hydrogen (secondary N) is 2. The van der Waals surface area contributed by atoms with E-state index in [0.29, 0.717) is 144 Å². The Bertz CT molecular complexity index is 5440. The van der Waals surface area contributed by atoms with Crippen LogP contribution in [0.4, 0.5) is 38.8 Å². The van der Waals surface area contributed by atoms with Gasteiger partial charge < -0.3 is 37.6 Å². The summed E-state index contributed by atoms with van der Waals surface area (Å²) in [4.78, 5) is 74.9. The number of anilines is 7. The van der Waals surface area contributed by atoms with Gasteiger partial charge >= 0.3 is 0 Å². The van der Waals surface area contributed by atoms with Gasteiger partial charge in [0.15, 0.2) is 27.6 Å². The third-order valence-corrected chi connectivity index (χ3v) is 22.6. The minimum Gasteiger partial charge on any atom is -0.397 e. The first kappa shape index (κ1) is 104. The average molecular weight is 2110 g/mol. The van der Waals surface area contributed by atoms with E-state index < -0.39 is 5.24 Å². The van der Waals surface area contributed by atoms with Crippen LogP contribution in [0.1, 0.15) is 127 Å². The van der Waals surface area contributed by atoms with Crippen molar-refractivity contribution in [2.75, 3.05) is 71.6 Å². The lowest BCUT2D eigenvalue weighted by atomic mass is 10.0. The van der Waals surface area contributed by atoms with Crippen LogP contribution in [0.5, 0.6) is 0 Å². The molecule has 4 aromatic heterocycles. The number of halogens is 13. The van der Waals surface area contributed by atoms with Crippen molar-refractivity contribution in [3.05, 3.63) is 351 Å². The van der Waals surface area contributed by atoms with Crippen molar-refractivity contribution in [1.29, 1.82) is 0 Å². The van der Waals surface area contributed by atoms with E-state index in [1.165, 1.54) is 104 Å². The smallest absolute Gasteiger partial charge is 0.244 e. The van der Waals surface area contributed by atoms with Crippen LogP contribution in [0.2, 0.25) is 50.6 Å². The lowest BCUT2D eigenvalue weighted by molar-refractivity contribution is -0.114. The van der Waals surface area contributed by atoms with Crippen molar-refractivity contribution in [1.82, 2.24) is 35.2 Å². The molecular formula is C95H104Br2Cl11N13O4S2. The summed E-state index contributed by atoms with van der Waals surface area (Å²) in [7, 11) is 0. The van der Waals surface area contributed by atoms with Crippen molar-refractivity contribution in [3.63, 3.8) is 0 Å². The molecule has 5 heterocycles. The molecule has 32 heteroatoms. The maximum Gasteiger partial charge on any atom is 0.244 e. The molecule has 0 atom stereocenters. The molecule has 1 aliphatic rings. The molecule has 0 amide bonds. The normalized spacial score (nSPS) is 11.4. The van der Waals surface area contributed by atoms with E-state index >= 15 is 0 Å². The molecule has 1 fully saturated rings. The number of aromatic nitrogens is 6. The number of carbonyl (C=O) groups excluding carboxylic acids is 4. The van der Waals surface area contributed by atoms with Gasteiger partial charge in [-0.1, -0.05) is 274 Å². The number of ketones is 3. The van der Waals surface area contributed by atoms with Crippen LogP contribution in [0, 0.1) is 62.3 Å². The zero-order valence-electron chi connectivity index (χ0n) is 77.0. The number of aryl methyl sites for hydroxylation is 9. The number of Topliss-reactive ketones (excluding diaryl/α,β-unsaturated/α-hetero) is 2. The summed E-state index contributed by atoms with van der Waals surface area (Å²) >= 11 is 73.0. The molecule has 8 N–H and O–H groups in total. The number of thiazole rings is 2. The number of nitrogen functional groups attached to an aromatic ring is 3. The van der Waals surface area contributed by atoms with Gasteiger partial charge in [-0.2, -0.15) is 0 Å². The Balaban J connectivity index is 0.000000388. The Kier molecular flexibility index (Phi) is 50.6. The molecule has 0 radical (unpaired) electrons. The number of piperidine rings is 1. The molecular weight excluding hydrogens is 2000 g/mol. The van der Waals surface area contributed by atoms with Crippen molar-refractivity contribution in [3.8, 4) is 0 Å². The summed E-state index contributed by atoms with van der Waals surface area (Å²) in [6, 6.07) is 29.0. The van der Waals surface area contributed by atoms with Crippen molar-refractivity contribution in [2.45, 2.75) is 115 Å². The van der Waals surface area contributed by atoms with Crippen LogP contribution in [-0.4, -0.2) is 91.8 Å². The highest BCUT2D eigenvalue weighted by Crippen LogP contribution is 2.35. The summed E-state index contributed by atoms with van der Waals surface area (Å²) in [6.07, 6.45) is 21.4. The van der Waals surface area contributed by atoms with E-state index in [4.69, 9.17) is 152 Å². The van der Waals surface area contributed by atoms with Crippen LogP contribution in [0.3, 0.4) is 0 Å². The van der Waals surface area contributed by atoms with Gasteiger partial charge in [0, 0.05) is 81.6 Å². The number of hydrogen-bond donors (Lipinski definition) is 5. The van der Waals surface area contributed by atoms with Gasteiger partial charge in [-0.25, -0.2) is 29.9 Å². The predicted octanol–water partition coefficient (Wildman–Crippen LogP) is 29.3. The van der Waals surface area contributed by atoms with Crippen LogP contribution in [-0.2, 0) is 28.9 Å². The van der Waals surface area contributed by atoms with Crippen LogP contribution < -0.4 is 37.6 Å². The molecule has 0 bridgehead atoms. The van der Waals surface area contributed by atoms with Crippen LogP contribution in [0.25, 0.3) is 0 Å². The summed E-state index contributed by atoms with van der Waals surface area (Å²) in [5.74, 6) is 1.52. The van der Waals surface area contributed by atoms with E-state index in [-0.39, 0.29) is 30.2 Å². The molecule has 0 spiro atoms. The zero-order chi connectivity index (χ0) is 99.3. The van der Waals surface area contributed by atoms with E-state index in [1.54, 1.807) is 94.4 Å². The van der Waals surface area contributed by atoms with Gasteiger partial charge in [0.05, 0.1) is 71.8 Å². The fourth-order valence-corrected chi connectivity index (χ4v) is 16.6. The van der Waals surface area contributed by atoms with Gasteiger partial charge in [-0.15, -0.1) is 26.3 Å². The monoisotopic (exact) mass is 2100 g/mol. The van der Waals surface area contributed by atoms with Crippen LogP contribution in [0.15, 0.2) is 224 Å². The molecule has 7 aromatic carbocycles. The minimum atomic E-state index is -0.419. The maximum absolute atomic E-state index is 12.6. The first-order chi connectivity index (χ1) is 62.2. The molecule has 17 nitrogen and oxygen atoms in total. The Morgan fingerprint density at radius 2 is 0.858 bits per heavy atom. The number of carbonyl (C=O) groups is 4. The predicted molar refractivity (Wildman–Crippen MR) is 555 cm³/mol. The van der Waals surface area contributed by atoms with Crippen molar-refractivity contribution >= 4 is 244 Å². The van der Waals surface area contributed by atoms with Gasteiger partial charge in [0.25, 0.3) is 0 Å². The number of nitrogens with zero attached hydrogens (tertiary/aromatic N) is 8. The fraction of sp³-hybridized carbons (Fsp3) is 0.242. The third kappa shape index (κ3) is 43.1. The Morgan fingerprint density at radius 3 is 1.23 bits per heavy atom. The van der Waals surface area contributed by atoms with Gasteiger partial charge in [-0.05, 0) is 236 Å². The molecule has 11 aromatic rings. The summed E-state index contributed by atoms with van der Waals surface area (Å²) < 4.78 is 39.4. The second-order valence-corrected chi connectivity index (χ2v) is 35.4. The lowest BCUT2D eigenvalue weighted by Crippen LogP contribution is -2.24. The van der Waals surface area contributed by atoms with E-state index in [9.17, 15) is 19.2 Å². The second-order valence-electron chi connectivity index (χ2n) is 27.1. The molecule has 0 unspecified atom stereocenters. The minimum absolute atomic E-state index is 0.0280. The summed E-state index contributed by atoms with van der Waals surface area (Å²) in [5, 5.41) is 11.7. The van der Waals surface area contributed by atoms with Gasteiger partial charge in [0.1, 0.15) is 32.9 Å². The molecule has 0 aliphatic carbocycles. The topological polar surface area (TPSA) is 254 Å². The molecule has 1 saturated heterocycles. The first-order valence-electron chi connectivity index (χ1n) is 41.2. The van der Waals surface area contributed by atoms with Crippen molar-refractivity contribution in [2.24, 2.45) is 0 Å². The van der Waals surface area contributed by atoms with Gasteiger partial charge in [0.2, 0.25) is 5.24 Å². The first-order valence-corrected chi connectivity index (χ1v) is 46.1. The highest BCUT2D eigenvalue weighted by Gasteiger charge is 2.19. The largest absolute Gasteiger partial charge is 0.397 e. The fourth-order valence-electron chi connectivity index (χ4n) is 10.9. The number of rotatable bonds is 22. The van der Waals surface area contributed by atoms with E-state index in [2.05, 4.69) is 115 Å². The second kappa shape index (κ2) is 61.5. The average Bonchev–Trinajstić information content (AvgIpc) is 0.935. The zero-order valence-corrected chi connectivity index (χ0v) is 85.1. The molecule has 127 heavy (non-hydrogen) atoms. The van der Waals surface area contributed by atoms with Gasteiger partial charge in [-0.3, -0.25) is 19.2 Å². The number of allylic oxidation sites excluding steroid dienone is 4. The molecule has 676 valence electrons. The quantitative estimate of drug-likeness (QED) is 0.0106. The molecule has 1 aliphatic heterocycles. The summed E-state index contributed by atoms with van der Waals surface area (Å²) in [6.45, 7) is 40.7. The Morgan fingerprint density at radius 1 is 0.465 bits per heavy atom. The number of benzene rings is 7.